The maximum Gasteiger partial charge on any atom is 0.115 e. The average Bonchev–Trinajstić information content (AvgIpc) is 2.30. The lowest BCUT2D eigenvalue weighted by molar-refractivity contribution is 0.485. The van der Waals surface area contributed by atoms with E-state index in [0.717, 1.165) is 16.7 Å². The van der Waals surface area contributed by atoms with E-state index in [9.17, 15) is 4.39 Å². The van der Waals surface area contributed by atoms with Crippen LogP contribution in [0.1, 0.15) is 5.56 Å². The lowest BCUT2D eigenvalue weighted by Gasteiger charge is -2.01. The molecule has 0 amide bonds. The molecule has 0 nitrogen and oxygen atoms in total. The highest BCUT2D eigenvalue weighted by atomic mass is 19.1. The van der Waals surface area contributed by atoms with Gasteiger partial charge in [0.05, 0.1) is 0 Å². The molecule has 0 saturated carbocycles. The molecule has 2 aromatic carbocycles. The Hall–Kier alpha value is -1.63. The van der Waals surface area contributed by atoms with E-state index < -0.39 is 6.67 Å². The van der Waals surface area contributed by atoms with Crippen molar-refractivity contribution < 1.29 is 4.39 Å². The molecule has 2 aromatic rings. The third kappa shape index (κ3) is 1.82. The van der Waals surface area contributed by atoms with Crippen LogP contribution in [0, 0.1) is 0 Å². The molecule has 0 bridgehead atoms. The highest BCUT2D eigenvalue weighted by Crippen LogP contribution is 2.19. The molecule has 0 saturated heterocycles. The molecule has 0 unspecified atom stereocenters. The first-order valence-corrected chi connectivity index (χ1v) is 4.60. The van der Waals surface area contributed by atoms with Gasteiger partial charge in [-0.2, -0.15) is 0 Å². The lowest BCUT2D eigenvalue weighted by Crippen LogP contribution is -1.79. The Morgan fingerprint density at radius 1 is 0.714 bits per heavy atom. The van der Waals surface area contributed by atoms with E-state index in [1.165, 1.54) is 0 Å². The molecule has 0 aliphatic rings. The van der Waals surface area contributed by atoms with Crippen LogP contribution in [-0.2, 0) is 6.67 Å². The van der Waals surface area contributed by atoms with Crippen LogP contribution in [0.5, 0.6) is 0 Å². The van der Waals surface area contributed by atoms with Crippen molar-refractivity contribution in [2.24, 2.45) is 0 Å². The van der Waals surface area contributed by atoms with E-state index >= 15 is 0 Å². The quantitative estimate of drug-likeness (QED) is 0.668. The summed E-state index contributed by atoms with van der Waals surface area (Å²) in [5.74, 6) is 0. The molecule has 0 radical (unpaired) electrons. The molecular weight excluding hydrogens is 175 g/mol. The van der Waals surface area contributed by atoms with Crippen LogP contribution in [0.15, 0.2) is 54.6 Å². The van der Waals surface area contributed by atoms with Crippen LogP contribution in [-0.4, -0.2) is 0 Å². The fourth-order valence-electron chi connectivity index (χ4n) is 1.42. The van der Waals surface area contributed by atoms with Gasteiger partial charge in [-0.3, -0.25) is 0 Å². The average molecular weight is 186 g/mol. The minimum atomic E-state index is -0.394. The summed E-state index contributed by atoms with van der Waals surface area (Å²) in [6.07, 6.45) is 0. The van der Waals surface area contributed by atoms with Crippen molar-refractivity contribution in [2.45, 2.75) is 6.67 Å². The van der Waals surface area contributed by atoms with Crippen molar-refractivity contribution in [2.75, 3.05) is 0 Å². The van der Waals surface area contributed by atoms with E-state index in [4.69, 9.17) is 0 Å². The molecule has 0 atom stereocenters. The van der Waals surface area contributed by atoms with Gasteiger partial charge in [-0.15, -0.1) is 0 Å². The fourth-order valence-corrected chi connectivity index (χ4v) is 1.42. The maximum atomic E-state index is 12.3. The number of alkyl halides is 1. The van der Waals surface area contributed by atoms with Crippen molar-refractivity contribution in [1.29, 1.82) is 0 Å². The zero-order valence-electron chi connectivity index (χ0n) is 7.78. The second-order valence-electron chi connectivity index (χ2n) is 3.20. The first-order valence-electron chi connectivity index (χ1n) is 4.60. The highest BCUT2D eigenvalue weighted by molar-refractivity contribution is 5.63. The Morgan fingerprint density at radius 3 is 1.86 bits per heavy atom. The Labute approximate surface area is 83.0 Å². The number of hydrogen-bond acceptors (Lipinski definition) is 0. The number of hydrogen-bond donors (Lipinski definition) is 0. The van der Waals surface area contributed by atoms with Crippen LogP contribution in [0.25, 0.3) is 11.1 Å². The maximum absolute atomic E-state index is 12.3. The van der Waals surface area contributed by atoms with E-state index in [1.807, 2.05) is 54.6 Å². The molecule has 0 aliphatic carbocycles. The Morgan fingerprint density at radius 2 is 1.29 bits per heavy atom. The summed E-state index contributed by atoms with van der Waals surface area (Å²) >= 11 is 0. The van der Waals surface area contributed by atoms with Gasteiger partial charge in [0, 0.05) is 0 Å². The van der Waals surface area contributed by atoms with Crippen LogP contribution >= 0.6 is 0 Å². The van der Waals surface area contributed by atoms with Gasteiger partial charge in [0.2, 0.25) is 0 Å². The molecule has 0 fully saturated rings. The van der Waals surface area contributed by atoms with Crippen LogP contribution < -0.4 is 0 Å². The highest BCUT2D eigenvalue weighted by Gasteiger charge is 1.96. The van der Waals surface area contributed by atoms with Gasteiger partial charge in [-0.1, -0.05) is 54.6 Å². The minimum Gasteiger partial charge on any atom is -0.246 e. The molecule has 2 rings (SSSR count). The summed E-state index contributed by atoms with van der Waals surface area (Å²) in [6, 6.07) is 17.6. The number of benzene rings is 2. The number of halogens is 1. The molecule has 1 heteroatoms. The molecule has 0 aliphatic heterocycles. The van der Waals surface area contributed by atoms with E-state index in [-0.39, 0.29) is 0 Å². The third-order valence-corrected chi connectivity index (χ3v) is 2.22. The predicted octanol–water partition coefficient (Wildman–Crippen LogP) is 3.82. The van der Waals surface area contributed by atoms with Crippen LogP contribution in [0.4, 0.5) is 4.39 Å². The zero-order valence-corrected chi connectivity index (χ0v) is 7.78. The van der Waals surface area contributed by atoms with Gasteiger partial charge in [0.25, 0.3) is 0 Å². The largest absolute Gasteiger partial charge is 0.246 e. The summed E-state index contributed by atoms with van der Waals surface area (Å²) in [5.41, 5.74) is 3.02. The SMILES string of the molecule is FCc1ccc(-c2ccccc2)cc1. The first-order chi connectivity index (χ1) is 6.90. The van der Waals surface area contributed by atoms with Gasteiger partial charge >= 0.3 is 0 Å². The van der Waals surface area contributed by atoms with Crippen molar-refractivity contribution in [3.63, 3.8) is 0 Å². The first kappa shape index (κ1) is 8.95. The Balaban J connectivity index is 2.34. The van der Waals surface area contributed by atoms with E-state index in [2.05, 4.69) is 0 Å². The molecule has 0 N–H and O–H groups in total. The molecular formula is C13H11F. The summed E-state index contributed by atoms with van der Waals surface area (Å²) in [6.45, 7) is -0.394. The standard InChI is InChI=1S/C13H11F/c14-10-11-6-8-13(9-7-11)12-4-2-1-3-5-12/h1-9H,10H2. The predicted molar refractivity (Wildman–Crippen MR) is 56.7 cm³/mol. The van der Waals surface area contributed by atoms with Crippen molar-refractivity contribution in [3.8, 4) is 11.1 Å². The normalized spacial score (nSPS) is 10.1. The van der Waals surface area contributed by atoms with E-state index in [1.54, 1.807) is 0 Å². The molecule has 0 heterocycles. The second kappa shape index (κ2) is 4.05. The Kier molecular flexibility index (Phi) is 2.59. The topological polar surface area (TPSA) is 0 Å². The Bertz CT molecular complexity index is 389. The van der Waals surface area contributed by atoms with Gasteiger partial charge in [0.15, 0.2) is 0 Å². The van der Waals surface area contributed by atoms with Crippen molar-refractivity contribution in [1.82, 2.24) is 0 Å². The summed E-state index contributed by atoms with van der Waals surface area (Å²) in [4.78, 5) is 0. The third-order valence-electron chi connectivity index (χ3n) is 2.22. The van der Waals surface area contributed by atoms with Gasteiger partial charge in [-0.25, -0.2) is 4.39 Å². The smallest absolute Gasteiger partial charge is 0.115 e. The number of rotatable bonds is 2. The van der Waals surface area contributed by atoms with Gasteiger partial charge in [0.1, 0.15) is 6.67 Å². The molecule has 14 heavy (non-hydrogen) atoms. The molecule has 0 spiro atoms. The van der Waals surface area contributed by atoms with Gasteiger partial charge in [-0.05, 0) is 16.7 Å². The molecule has 0 aromatic heterocycles. The van der Waals surface area contributed by atoms with Crippen molar-refractivity contribution in [3.05, 3.63) is 60.2 Å². The van der Waals surface area contributed by atoms with Crippen LogP contribution in [0.2, 0.25) is 0 Å². The zero-order chi connectivity index (χ0) is 9.80. The fraction of sp³-hybridized carbons (Fsp3) is 0.0769. The van der Waals surface area contributed by atoms with E-state index in [0.29, 0.717) is 0 Å². The minimum absolute atomic E-state index is 0.394. The van der Waals surface area contributed by atoms with Gasteiger partial charge < -0.3 is 0 Å². The molecule has 70 valence electrons. The summed E-state index contributed by atoms with van der Waals surface area (Å²) < 4.78 is 12.3. The second-order valence-corrected chi connectivity index (χ2v) is 3.20. The lowest BCUT2D eigenvalue weighted by atomic mass is 10.0. The van der Waals surface area contributed by atoms with Crippen molar-refractivity contribution >= 4 is 0 Å². The summed E-state index contributed by atoms with van der Waals surface area (Å²) in [7, 11) is 0. The monoisotopic (exact) mass is 186 g/mol. The van der Waals surface area contributed by atoms with Crippen LogP contribution in [0.3, 0.4) is 0 Å². The summed E-state index contributed by atoms with van der Waals surface area (Å²) in [5, 5.41) is 0.